The Labute approximate surface area is 111 Å². The fourth-order valence-electron chi connectivity index (χ4n) is 4.98. The molecule has 18 heavy (non-hydrogen) atoms. The summed E-state index contributed by atoms with van der Waals surface area (Å²) in [6.45, 7) is 0. The molecule has 0 aromatic carbocycles. The number of rotatable bonds is 1. The molecular formula is C14H15ClN2O. The summed E-state index contributed by atoms with van der Waals surface area (Å²) >= 11 is 5.91. The zero-order chi connectivity index (χ0) is 12.3. The molecule has 0 N–H and O–H groups in total. The molecule has 5 rings (SSSR count). The third kappa shape index (κ3) is 1.39. The van der Waals surface area contributed by atoms with Gasteiger partial charge in [-0.05, 0) is 67.4 Å². The van der Waals surface area contributed by atoms with Crippen LogP contribution in [0.4, 0.5) is 0 Å². The summed E-state index contributed by atoms with van der Waals surface area (Å²) in [4.78, 5) is 0. The predicted molar refractivity (Wildman–Crippen MR) is 66.0 cm³/mol. The average molecular weight is 263 g/mol. The van der Waals surface area contributed by atoms with Gasteiger partial charge in [0.25, 0.3) is 0 Å². The lowest BCUT2D eigenvalue weighted by molar-refractivity contribution is -0.00512. The van der Waals surface area contributed by atoms with E-state index in [1.54, 1.807) is 0 Å². The molecule has 1 aromatic heterocycles. The van der Waals surface area contributed by atoms with Crippen LogP contribution in [0.2, 0.25) is 5.22 Å². The Bertz CT molecular complexity index is 502. The summed E-state index contributed by atoms with van der Waals surface area (Å²) in [5.41, 5.74) is 1.32. The minimum absolute atomic E-state index is 0.168. The lowest BCUT2D eigenvalue weighted by Crippen LogP contribution is -2.44. The predicted octanol–water partition coefficient (Wildman–Crippen LogP) is 3.74. The van der Waals surface area contributed by atoms with Crippen molar-refractivity contribution in [2.75, 3.05) is 0 Å². The van der Waals surface area contributed by atoms with E-state index in [0.29, 0.717) is 23.3 Å². The van der Waals surface area contributed by atoms with Gasteiger partial charge in [0.05, 0.1) is 0 Å². The van der Waals surface area contributed by atoms with Gasteiger partial charge in [-0.25, -0.2) is 0 Å². The topological polar surface area (TPSA) is 49.8 Å². The van der Waals surface area contributed by atoms with Gasteiger partial charge in [0.2, 0.25) is 5.22 Å². The fourth-order valence-corrected chi connectivity index (χ4v) is 5.16. The number of nitrogens with zero attached hydrogens (tertiary/aromatic N) is 2. The Morgan fingerprint density at radius 1 is 1.11 bits per heavy atom. The first-order valence-electron chi connectivity index (χ1n) is 6.81. The minimum Gasteiger partial charge on any atom is -0.343 e. The van der Waals surface area contributed by atoms with E-state index in [4.69, 9.17) is 16.1 Å². The highest BCUT2D eigenvalue weighted by Crippen LogP contribution is 2.60. The molecule has 1 heterocycles. The van der Waals surface area contributed by atoms with Gasteiger partial charge in [0.1, 0.15) is 17.3 Å². The van der Waals surface area contributed by atoms with Gasteiger partial charge in [-0.2, -0.15) is 5.26 Å². The van der Waals surface area contributed by atoms with E-state index in [0.717, 1.165) is 17.5 Å². The van der Waals surface area contributed by atoms with Crippen molar-refractivity contribution in [3.05, 3.63) is 16.5 Å². The van der Waals surface area contributed by atoms with Crippen molar-refractivity contribution >= 4 is 11.6 Å². The normalized spacial score (nSPS) is 41.0. The second-order valence-corrected chi connectivity index (χ2v) is 6.63. The van der Waals surface area contributed by atoms with Crippen LogP contribution in [-0.4, -0.2) is 5.16 Å². The second kappa shape index (κ2) is 3.74. The van der Waals surface area contributed by atoms with Crippen LogP contribution in [0.1, 0.15) is 49.3 Å². The summed E-state index contributed by atoms with van der Waals surface area (Å²) in [5.74, 6) is 3.68. The molecule has 3 nitrogen and oxygen atoms in total. The number of hydrogen-bond acceptors (Lipinski definition) is 3. The van der Waals surface area contributed by atoms with E-state index in [2.05, 4.69) is 11.2 Å². The van der Waals surface area contributed by atoms with Crippen LogP contribution in [-0.2, 0) is 0 Å². The molecule has 4 fully saturated rings. The third-order valence-corrected chi connectivity index (χ3v) is 5.59. The fraction of sp³-hybridized carbons (Fsp3) is 0.714. The van der Waals surface area contributed by atoms with Crippen LogP contribution in [0.15, 0.2) is 4.52 Å². The number of aromatic nitrogens is 1. The molecule has 4 saturated carbocycles. The lowest BCUT2D eigenvalue weighted by atomic mass is 9.51. The van der Waals surface area contributed by atoms with Crippen molar-refractivity contribution in [3.63, 3.8) is 0 Å². The Morgan fingerprint density at radius 3 is 2.28 bits per heavy atom. The standard InChI is InChI=1S/C14H15ClN2O/c15-14-11(6-16)13(17-18-14)12-9-2-7-1-8(4-9)5-10(12)3-7/h7-10,12H,1-5H2. The number of nitriles is 1. The maximum absolute atomic E-state index is 9.21. The smallest absolute Gasteiger partial charge is 0.244 e. The molecule has 0 amide bonds. The molecule has 4 bridgehead atoms. The van der Waals surface area contributed by atoms with E-state index in [-0.39, 0.29) is 5.22 Å². The first-order valence-corrected chi connectivity index (χ1v) is 7.19. The molecular weight excluding hydrogens is 248 g/mol. The van der Waals surface area contributed by atoms with Crippen LogP contribution in [0.5, 0.6) is 0 Å². The maximum Gasteiger partial charge on any atom is 0.244 e. The summed E-state index contributed by atoms with van der Waals surface area (Å²) in [5, 5.41) is 13.5. The lowest BCUT2D eigenvalue weighted by Gasteiger charge is -2.53. The Hall–Kier alpha value is -1.01. The minimum atomic E-state index is 0.168. The largest absolute Gasteiger partial charge is 0.343 e. The van der Waals surface area contributed by atoms with Crippen LogP contribution >= 0.6 is 11.6 Å². The second-order valence-electron chi connectivity index (χ2n) is 6.28. The molecule has 0 unspecified atom stereocenters. The maximum atomic E-state index is 9.21. The summed E-state index contributed by atoms with van der Waals surface area (Å²) in [6.07, 6.45) is 6.68. The molecule has 0 saturated heterocycles. The Kier molecular flexibility index (Phi) is 2.26. The average Bonchev–Trinajstić information content (AvgIpc) is 2.69. The van der Waals surface area contributed by atoms with Crippen molar-refractivity contribution in [1.29, 1.82) is 5.26 Å². The molecule has 94 valence electrons. The van der Waals surface area contributed by atoms with Gasteiger partial charge in [-0.3, -0.25) is 0 Å². The zero-order valence-electron chi connectivity index (χ0n) is 10.1. The van der Waals surface area contributed by atoms with Crippen molar-refractivity contribution in [3.8, 4) is 6.07 Å². The number of hydrogen-bond donors (Lipinski definition) is 0. The van der Waals surface area contributed by atoms with Gasteiger partial charge in [0, 0.05) is 5.92 Å². The summed E-state index contributed by atoms with van der Waals surface area (Å²) in [6, 6.07) is 2.16. The summed E-state index contributed by atoms with van der Waals surface area (Å²) < 4.78 is 5.04. The molecule has 0 atom stereocenters. The van der Waals surface area contributed by atoms with Crippen molar-refractivity contribution < 1.29 is 4.52 Å². The molecule has 4 aliphatic carbocycles. The van der Waals surface area contributed by atoms with Crippen molar-refractivity contribution in [2.24, 2.45) is 23.7 Å². The highest BCUT2D eigenvalue weighted by Gasteiger charge is 2.50. The Morgan fingerprint density at radius 2 is 1.72 bits per heavy atom. The van der Waals surface area contributed by atoms with Gasteiger partial charge in [0.15, 0.2) is 0 Å². The van der Waals surface area contributed by atoms with E-state index < -0.39 is 0 Å². The monoisotopic (exact) mass is 262 g/mol. The first-order chi connectivity index (χ1) is 8.76. The molecule has 0 radical (unpaired) electrons. The van der Waals surface area contributed by atoms with Crippen LogP contribution in [0, 0.1) is 35.0 Å². The molecule has 0 spiro atoms. The highest BCUT2D eigenvalue weighted by molar-refractivity contribution is 6.30. The van der Waals surface area contributed by atoms with Crippen LogP contribution < -0.4 is 0 Å². The summed E-state index contributed by atoms with van der Waals surface area (Å²) in [7, 11) is 0. The van der Waals surface area contributed by atoms with E-state index in [1.807, 2.05) is 0 Å². The SMILES string of the molecule is N#Cc1c(C2C3CC4CC(C3)CC2C4)noc1Cl. The van der Waals surface area contributed by atoms with Gasteiger partial charge < -0.3 is 4.52 Å². The van der Waals surface area contributed by atoms with Crippen LogP contribution in [0.25, 0.3) is 0 Å². The highest BCUT2D eigenvalue weighted by atomic mass is 35.5. The van der Waals surface area contributed by atoms with Crippen LogP contribution in [0.3, 0.4) is 0 Å². The first kappa shape index (κ1) is 10.9. The molecule has 4 heteroatoms. The van der Waals surface area contributed by atoms with Gasteiger partial charge in [-0.15, -0.1) is 0 Å². The zero-order valence-corrected chi connectivity index (χ0v) is 10.9. The van der Waals surface area contributed by atoms with Crippen molar-refractivity contribution in [1.82, 2.24) is 5.16 Å². The van der Waals surface area contributed by atoms with Gasteiger partial charge >= 0.3 is 0 Å². The quantitative estimate of drug-likeness (QED) is 0.775. The molecule has 0 aliphatic heterocycles. The molecule has 1 aromatic rings. The van der Waals surface area contributed by atoms with Gasteiger partial charge in [-0.1, -0.05) is 5.16 Å². The molecule has 4 aliphatic rings. The Balaban J connectivity index is 1.75. The number of halogens is 1. The van der Waals surface area contributed by atoms with E-state index >= 15 is 0 Å². The van der Waals surface area contributed by atoms with E-state index in [1.165, 1.54) is 32.1 Å². The van der Waals surface area contributed by atoms with Crippen molar-refractivity contribution in [2.45, 2.75) is 38.0 Å². The van der Waals surface area contributed by atoms with E-state index in [9.17, 15) is 5.26 Å². The third-order valence-electron chi connectivity index (χ3n) is 5.33.